The summed E-state index contributed by atoms with van der Waals surface area (Å²) >= 11 is 0. The molecule has 1 saturated heterocycles. The predicted octanol–water partition coefficient (Wildman–Crippen LogP) is 3.99. The van der Waals surface area contributed by atoms with E-state index in [1.165, 1.54) is 24.3 Å². The van der Waals surface area contributed by atoms with Crippen molar-refractivity contribution >= 4 is 40.9 Å². The highest BCUT2D eigenvalue weighted by atomic mass is 19.1. The van der Waals surface area contributed by atoms with Gasteiger partial charge in [-0.3, -0.25) is 9.59 Å². The molecule has 2 aromatic rings. The quantitative estimate of drug-likeness (QED) is 0.548. The first-order chi connectivity index (χ1) is 15.5. The maximum Gasteiger partial charge on any atom is 0.329 e. The number of anilines is 2. The van der Waals surface area contributed by atoms with Gasteiger partial charge in [-0.05, 0) is 74.4 Å². The van der Waals surface area contributed by atoms with Crippen LogP contribution >= 0.6 is 0 Å². The van der Waals surface area contributed by atoms with E-state index in [9.17, 15) is 18.8 Å². The predicted molar refractivity (Wildman–Crippen MR) is 126 cm³/mol. The molecule has 33 heavy (non-hydrogen) atoms. The average molecular weight is 448 g/mol. The standard InChI is InChI=1S/C25H25FN4O3/c1-15-13-25(2,3)29(4)21-10-5-16(11-19(15)21)12-20-23(32)30(24(33)28-20)14-22(31)27-18-8-6-17(26)7-9-18/h5-13H,14H2,1-4H3,(H,27,31)(H,28,33)/b20-12+. The van der Waals surface area contributed by atoms with Gasteiger partial charge >= 0.3 is 6.03 Å². The van der Waals surface area contributed by atoms with Crippen molar-refractivity contribution in [3.63, 3.8) is 0 Å². The van der Waals surface area contributed by atoms with Crippen LogP contribution in [0.2, 0.25) is 0 Å². The largest absolute Gasteiger partial charge is 0.366 e. The summed E-state index contributed by atoms with van der Waals surface area (Å²) in [7, 11) is 2.04. The third kappa shape index (κ3) is 4.37. The lowest BCUT2D eigenvalue weighted by Gasteiger charge is -2.40. The number of carbonyl (C=O) groups is 3. The van der Waals surface area contributed by atoms with E-state index in [0.29, 0.717) is 5.69 Å². The Morgan fingerprint density at radius 1 is 1.15 bits per heavy atom. The molecule has 7 nitrogen and oxygen atoms in total. The number of nitrogens with zero attached hydrogens (tertiary/aromatic N) is 2. The average Bonchev–Trinajstić information content (AvgIpc) is 3.01. The molecule has 0 aliphatic carbocycles. The van der Waals surface area contributed by atoms with Gasteiger partial charge in [-0.2, -0.15) is 0 Å². The molecule has 0 radical (unpaired) electrons. The molecule has 2 aliphatic heterocycles. The topological polar surface area (TPSA) is 81.8 Å². The van der Waals surface area contributed by atoms with Crippen LogP contribution in [-0.4, -0.2) is 41.9 Å². The number of allylic oxidation sites excluding steroid dienone is 1. The van der Waals surface area contributed by atoms with Gasteiger partial charge < -0.3 is 15.5 Å². The van der Waals surface area contributed by atoms with E-state index in [0.717, 1.165) is 27.3 Å². The SMILES string of the molecule is CC1=CC(C)(C)N(C)c2ccc(/C=C3/NC(=O)N(CC(=O)Nc4ccc(F)cc4)C3=O)cc21. The van der Waals surface area contributed by atoms with Gasteiger partial charge in [0.05, 0.1) is 5.54 Å². The highest BCUT2D eigenvalue weighted by Crippen LogP contribution is 2.38. The fraction of sp³-hybridized carbons (Fsp3) is 0.240. The third-order valence-corrected chi connectivity index (χ3v) is 5.94. The molecule has 0 spiro atoms. The van der Waals surface area contributed by atoms with E-state index < -0.39 is 30.2 Å². The lowest BCUT2D eigenvalue weighted by atomic mass is 9.88. The number of hydrogen-bond donors (Lipinski definition) is 2. The Morgan fingerprint density at radius 2 is 1.85 bits per heavy atom. The number of carbonyl (C=O) groups excluding carboxylic acids is 3. The molecule has 0 atom stereocenters. The van der Waals surface area contributed by atoms with Crippen LogP contribution in [0.5, 0.6) is 0 Å². The van der Waals surface area contributed by atoms with Crippen molar-refractivity contribution in [1.29, 1.82) is 0 Å². The minimum atomic E-state index is -0.670. The maximum absolute atomic E-state index is 13.0. The summed E-state index contributed by atoms with van der Waals surface area (Å²) in [5, 5.41) is 5.08. The smallest absolute Gasteiger partial charge is 0.329 e. The van der Waals surface area contributed by atoms with Crippen molar-refractivity contribution in [3.05, 3.63) is 71.2 Å². The second kappa shape index (κ2) is 8.20. The molecule has 4 amide bonds. The number of rotatable bonds is 4. The highest BCUT2D eigenvalue weighted by molar-refractivity contribution is 6.16. The van der Waals surface area contributed by atoms with Crippen molar-refractivity contribution in [1.82, 2.24) is 10.2 Å². The Labute approximate surface area is 191 Å². The number of likely N-dealkylation sites (N-methyl/N-ethyl adjacent to an activating group) is 1. The number of imide groups is 1. The molecule has 1 fully saturated rings. The molecule has 4 rings (SSSR count). The number of amides is 4. The summed E-state index contributed by atoms with van der Waals surface area (Å²) in [5.74, 6) is -1.58. The lowest BCUT2D eigenvalue weighted by molar-refractivity contribution is -0.127. The second-order valence-electron chi connectivity index (χ2n) is 8.75. The van der Waals surface area contributed by atoms with E-state index in [1.807, 2.05) is 25.2 Å². The number of fused-ring (bicyclic) bond motifs is 1. The van der Waals surface area contributed by atoms with Crippen molar-refractivity contribution < 1.29 is 18.8 Å². The zero-order chi connectivity index (χ0) is 23.9. The van der Waals surface area contributed by atoms with Gasteiger partial charge in [-0.25, -0.2) is 14.1 Å². The summed E-state index contributed by atoms with van der Waals surface area (Å²) < 4.78 is 13.0. The van der Waals surface area contributed by atoms with Crippen LogP contribution in [0.4, 0.5) is 20.6 Å². The van der Waals surface area contributed by atoms with Gasteiger partial charge in [0.1, 0.15) is 18.1 Å². The van der Waals surface area contributed by atoms with Crippen LogP contribution in [0.15, 0.2) is 54.2 Å². The van der Waals surface area contributed by atoms with E-state index >= 15 is 0 Å². The summed E-state index contributed by atoms with van der Waals surface area (Å²) in [5.41, 5.74) is 4.39. The van der Waals surface area contributed by atoms with Crippen molar-refractivity contribution in [3.8, 4) is 0 Å². The Balaban J connectivity index is 1.51. The van der Waals surface area contributed by atoms with Crippen LogP contribution in [-0.2, 0) is 9.59 Å². The summed E-state index contributed by atoms with van der Waals surface area (Å²) in [6, 6.07) is 10.4. The maximum atomic E-state index is 13.0. The number of halogens is 1. The minimum absolute atomic E-state index is 0.0978. The third-order valence-electron chi connectivity index (χ3n) is 5.94. The van der Waals surface area contributed by atoms with E-state index in [-0.39, 0.29) is 11.2 Å². The molecule has 0 saturated carbocycles. The summed E-state index contributed by atoms with van der Waals surface area (Å²) in [4.78, 5) is 40.4. The van der Waals surface area contributed by atoms with Crippen LogP contribution in [0.1, 0.15) is 31.9 Å². The van der Waals surface area contributed by atoms with E-state index in [4.69, 9.17) is 0 Å². The van der Waals surface area contributed by atoms with Crippen LogP contribution in [0.25, 0.3) is 11.6 Å². The number of nitrogens with one attached hydrogen (secondary N) is 2. The number of benzene rings is 2. The summed E-state index contributed by atoms with van der Waals surface area (Å²) in [6.07, 6.45) is 3.79. The first-order valence-electron chi connectivity index (χ1n) is 10.5. The summed E-state index contributed by atoms with van der Waals surface area (Å²) in [6.45, 7) is 5.88. The van der Waals surface area contributed by atoms with Crippen molar-refractivity contribution in [2.75, 3.05) is 23.8 Å². The first-order valence-corrected chi connectivity index (χ1v) is 10.5. The lowest BCUT2D eigenvalue weighted by Crippen LogP contribution is -2.42. The molecular weight excluding hydrogens is 423 g/mol. The zero-order valence-electron chi connectivity index (χ0n) is 18.9. The second-order valence-corrected chi connectivity index (χ2v) is 8.75. The van der Waals surface area contributed by atoms with E-state index in [2.05, 4.69) is 42.4 Å². The monoisotopic (exact) mass is 448 g/mol. The van der Waals surface area contributed by atoms with Gasteiger partial charge in [-0.15, -0.1) is 0 Å². The van der Waals surface area contributed by atoms with Crippen molar-refractivity contribution in [2.24, 2.45) is 0 Å². The molecule has 170 valence electrons. The molecule has 0 bridgehead atoms. The minimum Gasteiger partial charge on any atom is -0.366 e. The molecule has 0 aromatic heterocycles. The van der Waals surface area contributed by atoms with Crippen LogP contribution in [0.3, 0.4) is 0 Å². The van der Waals surface area contributed by atoms with Gasteiger partial charge in [0.15, 0.2) is 0 Å². The number of urea groups is 1. The molecular formula is C25H25FN4O3. The van der Waals surface area contributed by atoms with Gasteiger partial charge in [0.2, 0.25) is 5.91 Å². The number of hydrogen-bond acceptors (Lipinski definition) is 4. The normalized spacial score (nSPS) is 18.2. The van der Waals surface area contributed by atoms with Gasteiger partial charge in [0.25, 0.3) is 5.91 Å². The Kier molecular flexibility index (Phi) is 5.53. The molecule has 8 heteroatoms. The Bertz CT molecular complexity index is 1210. The molecule has 2 heterocycles. The fourth-order valence-corrected chi connectivity index (χ4v) is 4.03. The van der Waals surface area contributed by atoms with E-state index in [1.54, 1.807) is 6.08 Å². The van der Waals surface area contributed by atoms with Crippen LogP contribution < -0.4 is 15.5 Å². The highest BCUT2D eigenvalue weighted by Gasteiger charge is 2.35. The van der Waals surface area contributed by atoms with Gasteiger partial charge in [-0.1, -0.05) is 12.1 Å². The molecule has 2 aliphatic rings. The first kappa shape index (κ1) is 22.3. The fourth-order valence-electron chi connectivity index (χ4n) is 4.03. The zero-order valence-corrected chi connectivity index (χ0v) is 18.9. The van der Waals surface area contributed by atoms with Crippen LogP contribution in [0, 0.1) is 5.82 Å². The molecule has 2 N–H and O–H groups in total. The Morgan fingerprint density at radius 3 is 2.55 bits per heavy atom. The Hall–Kier alpha value is -3.94. The van der Waals surface area contributed by atoms with Crippen molar-refractivity contribution in [2.45, 2.75) is 26.3 Å². The molecule has 2 aromatic carbocycles. The molecule has 0 unspecified atom stereocenters. The van der Waals surface area contributed by atoms with Gasteiger partial charge in [0, 0.05) is 24.0 Å².